The standard InChI is InChI=1S/C9H5Br2ClO2/c10-6-2-4(12)1-5-8(13)7(11)3-14-9(5)6/h1-2,7H,3H2. The Bertz CT molecular complexity index is 406. The molecule has 0 N–H and O–H groups in total. The van der Waals surface area contributed by atoms with Gasteiger partial charge in [0.05, 0.1) is 10.0 Å². The highest BCUT2D eigenvalue weighted by molar-refractivity contribution is 9.10. The van der Waals surface area contributed by atoms with Gasteiger partial charge in [-0.05, 0) is 28.1 Å². The molecule has 0 aromatic heterocycles. The molecule has 0 saturated carbocycles. The Morgan fingerprint density at radius 1 is 1.50 bits per heavy atom. The summed E-state index contributed by atoms with van der Waals surface area (Å²) in [5.74, 6) is 0.588. The fourth-order valence-corrected chi connectivity index (χ4v) is 2.59. The molecule has 1 unspecified atom stereocenters. The zero-order valence-corrected chi connectivity index (χ0v) is 10.8. The molecule has 1 heterocycles. The van der Waals surface area contributed by atoms with E-state index in [4.69, 9.17) is 16.3 Å². The number of carbonyl (C=O) groups excluding carboxylic acids is 1. The van der Waals surface area contributed by atoms with E-state index in [1.807, 2.05) is 0 Å². The maximum Gasteiger partial charge on any atom is 0.183 e. The molecule has 0 spiro atoms. The molecule has 0 fully saturated rings. The minimum absolute atomic E-state index is 0.00875. The molecule has 0 saturated heterocycles. The molecule has 14 heavy (non-hydrogen) atoms. The molecule has 0 aliphatic carbocycles. The summed E-state index contributed by atoms with van der Waals surface area (Å²) in [6, 6.07) is 3.33. The van der Waals surface area contributed by atoms with Gasteiger partial charge in [-0.2, -0.15) is 0 Å². The summed E-state index contributed by atoms with van der Waals surface area (Å²) >= 11 is 12.4. The van der Waals surface area contributed by atoms with E-state index < -0.39 is 0 Å². The van der Waals surface area contributed by atoms with Crippen LogP contribution in [-0.4, -0.2) is 17.2 Å². The lowest BCUT2D eigenvalue weighted by molar-refractivity contribution is 0.0945. The number of carbonyl (C=O) groups is 1. The van der Waals surface area contributed by atoms with Gasteiger partial charge < -0.3 is 4.74 Å². The number of rotatable bonds is 0. The molecule has 0 amide bonds. The van der Waals surface area contributed by atoms with Crippen molar-refractivity contribution < 1.29 is 9.53 Å². The van der Waals surface area contributed by atoms with Gasteiger partial charge in [0.1, 0.15) is 17.2 Å². The van der Waals surface area contributed by atoms with E-state index in [1.54, 1.807) is 12.1 Å². The van der Waals surface area contributed by atoms with Gasteiger partial charge in [-0.1, -0.05) is 27.5 Å². The second kappa shape index (κ2) is 3.83. The van der Waals surface area contributed by atoms with Crippen LogP contribution >= 0.6 is 43.5 Å². The summed E-state index contributed by atoms with van der Waals surface area (Å²) in [4.78, 5) is 11.4. The Morgan fingerprint density at radius 3 is 2.93 bits per heavy atom. The maximum absolute atomic E-state index is 11.7. The third kappa shape index (κ3) is 1.71. The van der Waals surface area contributed by atoms with Crippen LogP contribution in [0, 0.1) is 0 Å². The molecule has 5 heteroatoms. The average molecular weight is 340 g/mol. The molecule has 1 aliphatic heterocycles. The van der Waals surface area contributed by atoms with E-state index >= 15 is 0 Å². The van der Waals surface area contributed by atoms with Crippen LogP contribution in [0.2, 0.25) is 5.02 Å². The molecule has 2 rings (SSSR count). The number of alkyl halides is 1. The van der Waals surface area contributed by atoms with Crippen LogP contribution in [0.5, 0.6) is 5.75 Å². The Kier molecular flexibility index (Phi) is 2.86. The number of Topliss-reactive ketones (excluding diaryl/α,β-unsaturated/α-hetero) is 1. The van der Waals surface area contributed by atoms with Gasteiger partial charge >= 0.3 is 0 Å². The van der Waals surface area contributed by atoms with Crippen molar-refractivity contribution in [3.8, 4) is 5.75 Å². The molecule has 2 nitrogen and oxygen atoms in total. The second-order valence-electron chi connectivity index (χ2n) is 2.91. The smallest absolute Gasteiger partial charge is 0.183 e. The molecule has 1 atom stereocenters. The third-order valence-electron chi connectivity index (χ3n) is 1.93. The highest BCUT2D eigenvalue weighted by Crippen LogP contribution is 2.36. The Morgan fingerprint density at radius 2 is 2.21 bits per heavy atom. The first-order valence-electron chi connectivity index (χ1n) is 3.89. The van der Waals surface area contributed by atoms with Crippen LogP contribution in [0.15, 0.2) is 16.6 Å². The van der Waals surface area contributed by atoms with Crippen molar-refractivity contribution in [3.63, 3.8) is 0 Å². The molecule has 1 aromatic rings. The zero-order chi connectivity index (χ0) is 10.3. The molecular weight excluding hydrogens is 335 g/mol. The predicted molar refractivity (Wildman–Crippen MR) is 61.7 cm³/mol. The largest absolute Gasteiger partial charge is 0.490 e. The van der Waals surface area contributed by atoms with Gasteiger partial charge in [0.15, 0.2) is 5.78 Å². The van der Waals surface area contributed by atoms with Crippen LogP contribution in [0.1, 0.15) is 10.4 Å². The number of benzene rings is 1. The minimum Gasteiger partial charge on any atom is -0.490 e. The SMILES string of the molecule is O=C1c2cc(Cl)cc(Br)c2OCC1Br. The lowest BCUT2D eigenvalue weighted by Crippen LogP contribution is -2.28. The first-order valence-corrected chi connectivity index (χ1v) is 5.98. The Labute approximate surface area is 103 Å². The quantitative estimate of drug-likeness (QED) is 0.676. The normalized spacial score (nSPS) is 20.2. The minimum atomic E-state index is -0.277. The van der Waals surface area contributed by atoms with Gasteiger partial charge in [-0.3, -0.25) is 4.79 Å². The molecule has 0 bridgehead atoms. The van der Waals surface area contributed by atoms with Gasteiger partial charge in [0, 0.05) is 5.02 Å². The van der Waals surface area contributed by atoms with Gasteiger partial charge in [-0.25, -0.2) is 0 Å². The molecule has 1 aliphatic rings. The van der Waals surface area contributed by atoms with Crippen molar-refractivity contribution in [1.29, 1.82) is 0 Å². The second-order valence-corrected chi connectivity index (χ2v) is 5.30. The number of hydrogen-bond donors (Lipinski definition) is 0. The van der Waals surface area contributed by atoms with Crippen LogP contribution < -0.4 is 4.74 Å². The maximum atomic E-state index is 11.7. The third-order valence-corrected chi connectivity index (χ3v) is 3.42. The number of ketones is 1. The summed E-state index contributed by atoms with van der Waals surface area (Å²) in [6.45, 7) is 0.353. The van der Waals surface area contributed by atoms with Crippen LogP contribution in [0.3, 0.4) is 0 Å². The summed E-state index contributed by atoms with van der Waals surface area (Å²) < 4.78 is 6.13. The molecule has 74 valence electrons. The fourth-order valence-electron chi connectivity index (χ4n) is 1.29. The fraction of sp³-hybridized carbons (Fsp3) is 0.222. The number of halogens is 3. The van der Waals surface area contributed by atoms with Crippen molar-refractivity contribution >= 4 is 49.2 Å². The van der Waals surface area contributed by atoms with E-state index in [0.29, 0.717) is 27.4 Å². The zero-order valence-electron chi connectivity index (χ0n) is 6.89. The first kappa shape index (κ1) is 10.5. The number of ether oxygens (including phenoxy) is 1. The molecular formula is C9H5Br2ClO2. The van der Waals surface area contributed by atoms with E-state index in [2.05, 4.69) is 31.9 Å². The van der Waals surface area contributed by atoms with Crippen molar-refractivity contribution in [2.75, 3.05) is 6.61 Å². The van der Waals surface area contributed by atoms with Gasteiger partial charge in [0.25, 0.3) is 0 Å². The Balaban J connectivity index is 2.60. The highest BCUT2D eigenvalue weighted by Gasteiger charge is 2.28. The molecule has 1 aromatic carbocycles. The Hall–Kier alpha value is -0.0600. The molecule has 0 radical (unpaired) electrons. The van der Waals surface area contributed by atoms with Crippen molar-refractivity contribution in [3.05, 3.63) is 27.2 Å². The van der Waals surface area contributed by atoms with Crippen LogP contribution in [0.4, 0.5) is 0 Å². The van der Waals surface area contributed by atoms with E-state index in [1.165, 1.54) is 0 Å². The highest BCUT2D eigenvalue weighted by atomic mass is 79.9. The lowest BCUT2D eigenvalue weighted by atomic mass is 10.1. The van der Waals surface area contributed by atoms with E-state index in [0.717, 1.165) is 0 Å². The van der Waals surface area contributed by atoms with Crippen molar-refractivity contribution in [2.45, 2.75) is 4.83 Å². The van der Waals surface area contributed by atoms with E-state index in [-0.39, 0.29) is 10.6 Å². The topological polar surface area (TPSA) is 26.3 Å². The lowest BCUT2D eigenvalue weighted by Gasteiger charge is -2.21. The first-order chi connectivity index (χ1) is 6.59. The monoisotopic (exact) mass is 338 g/mol. The summed E-state index contributed by atoms with van der Waals surface area (Å²) in [5, 5.41) is 0.522. The van der Waals surface area contributed by atoms with Gasteiger partial charge in [-0.15, -0.1) is 0 Å². The number of fused-ring (bicyclic) bond motifs is 1. The van der Waals surface area contributed by atoms with Crippen molar-refractivity contribution in [1.82, 2.24) is 0 Å². The van der Waals surface area contributed by atoms with Crippen molar-refractivity contribution in [2.24, 2.45) is 0 Å². The summed E-state index contributed by atoms with van der Waals surface area (Å²) in [7, 11) is 0. The van der Waals surface area contributed by atoms with E-state index in [9.17, 15) is 4.79 Å². The summed E-state index contributed by atoms with van der Waals surface area (Å²) in [5.41, 5.74) is 0.525. The van der Waals surface area contributed by atoms with Crippen LogP contribution in [0.25, 0.3) is 0 Å². The van der Waals surface area contributed by atoms with Gasteiger partial charge in [0.2, 0.25) is 0 Å². The predicted octanol–water partition coefficient (Wildman–Crippen LogP) is 3.44. The number of hydrogen-bond acceptors (Lipinski definition) is 2. The average Bonchev–Trinajstić information content (AvgIpc) is 2.12. The van der Waals surface area contributed by atoms with Crippen LogP contribution in [-0.2, 0) is 0 Å². The summed E-state index contributed by atoms with van der Waals surface area (Å²) in [6.07, 6.45) is 0.